The lowest BCUT2D eigenvalue weighted by Crippen LogP contribution is -2.11. The Labute approximate surface area is 119 Å². The van der Waals surface area contributed by atoms with E-state index in [1.165, 1.54) is 25.3 Å². The number of ether oxygens (including phenoxy) is 2. The molecule has 0 saturated carbocycles. The summed E-state index contributed by atoms with van der Waals surface area (Å²) in [6.07, 6.45) is 1.13. The van der Waals surface area contributed by atoms with Crippen LogP contribution >= 0.6 is 0 Å². The molecule has 0 unspecified atom stereocenters. The molecule has 0 atom stereocenters. The number of hydrogen-bond donors (Lipinski definition) is 2. The molecule has 2 rings (SSSR count). The van der Waals surface area contributed by atoms with Crippen LogP contribution in [0, 0.1) is 0 Å². The monoisotopic (exact) mass is 291 g/mol. The number of furan rings is 1. The van der Waals surface area contributed by atoms with E-state index in [0.717, 1.165) is 6.26 Å². The van der Waals surface area contributed by atoms with Crippen molar-refractivity contribution in [2.24, 2.45) is 5.73 Å². The Kier molecular flexibility index (Phi) is 4.13. The van der Waals surface area contributed by atoms with Crippen LogP contribution in [0.3, 0.4) is 0 Å². The molecule has 2 aromatic rings. The maximum absolute atomic E-state index is 11.2. The zero-order valence-electron chi connectivity index (χ0n) is 11.2. The Morgan fingerprint density at radius 3 is 2.48 bits per heavy atom. The van der Waals surface area contributed by atoms with E-state index in [1.54, 1.807) is 6.07 Å². The van der Waals surface area contributed by atoms with Crippen molar-refractivity contribution in [2.45, 2.75) is 6.61 Å². The summed E-state index contributed by atoms with van der Waals surface area (Å²) in [6, 6.07) is 5.89. The lowest BCUT2D eigenvalue weighted by molar-refractivity contribution is 0.0696. The van der Waals surface area contributed by atoms with Crippen LogP contribution in [0.1, 0.15) is 26.5 Å². The molecule has 3 N–H and O–H groups in total. The van der Waals surface area contributed by atoms with Crippen molar-refractivity contribution in [3.63, 3.8) is 0 Å². The topological polar surface area (TPSA) is 112 Å². The van der Waals surface area contributed by atoms with Crippen LogP contribution in [-0.2, 0) is 6.61 Å². The Morgan fingerprint density at radius 1 is 1.19 bits per heavy atom. The molecule has 7 heteroatoms. The predicted octanol–water partition coefficient (Wildman–Crippen LogP) is 1.66. The van der Waals surface area contributed by atoms with E-state index in [-0.39, 0.29) is 17.7 Å². The molecule has 0 spiro atoms. The first kappa shape index (κ1) is 14.4. The molecule has 0 fully saturated rings. The van der Waals surface area contributed by atoms with Crippen LogP contribution in [0.4, 0.5) is 0 Å². The second-order valence-corrected chi connectivity index (χ2v) is 4.16. The van der Waals surface area contributed by atoms with Crippen molar-refractivity contribution in [1.29, 1.82) is 0 Å². The van der Waals surface area contributed by atoms with Gasteiger partial charge < -0.3 is 24.7 Å². The van der Waals surface area contributed by atoms with Crippen molar-refractivity contribution in [2.75, 3.05) is 7.11 Å². The maximum Gasteiger partial charge on any atom is 0.338 e. The highest BCUT2D eigenvalue weighted by molar-refractivity contribution is 5.93. The van der Waals surface area contributed by atoms with E-state index >= 15 is 0 Å². The van der Waals surface area contributed by atoms with Crippen LogP contribution < -0.4 is 15.2 Å². The van der Waals surface area contributed by atoms with Gasteiger partial charge in [-0.15, -0.1) is 0 Å². The van der Waals surface area contributed by atoms with Gasteiger partial charge in [-0.2, -0.15) is 0 Å². The van der Waals surface area contributed by atoms with Gasteiger partial charge in [-0.1, -0.05) is 0 Å². The van der Waals surface area contributed by atoms with Gasteiger partial charge in [0, 0.05) is 11.6 Å². The Morgan fingerprint density at radius 2 is 1.90 bits per heavy atom. The average Bonchev–Trinajstić information content (AvgIpc) is 2.93. The standard InChI is InChI=1S/C14H13NO6/c1-19-10-2-8(13(15)16)3-11(5-10)21-7-12-4-9(6-20-12)14(17)18/h2-6H,7H2,1H3,(H2,15,16)(H,17,18). The summed E-state index contributed by atoms with van der Waals surface area (Å²) in [6.45, 7) is 0.0125. The SMILES string of the molecule is COc1cc(OCc2cc(C(=O)O)co2)cc(C(N)=O)c1. The molecule has 1 heterocycles. The second-order valence-electron chi connectivity index (χ2n) is 4.16. The summed E-state index contributed by atoms with van der Waals surface area (Å²) in [5.74, 6) is -0.563. The normalized spacial score (nSPS) is 10.1. The fourth-order valence-corrected chi connectivity index (χ4v) is 1.64. The number of carboxylic acids is 1. The highest BCUT2D eigenvalue weighted by atomic mass is 16.5. The molecule has 0 saturated heterocycles. The molecule has 1 amide bonds. The fraction of sp³-hybridized carbons (Fsp3) is 0.143. The van der Waals surface area contributed by atoms with Crippen molar-refractivity contribution in [3.05, 3.63) is 47.4 Å². The number of carbonyl (C=O) groups is 2. The van der Waals surface area contributed by atoms with Crippen LogP contribution in [0.5, 0.6) is 11.5 Å². The molecule has 110 valence electrons. The number of benzene rings is 1. The van der Waals surface area contributed by atoms with E-state index in [2.05, 4.69) is 0 Å². The highest BCUT2D eigenvalue weighted by Crippen LogP contribution is 2.23. The fourth-order valence-electron chi connectivity index (χ4n) is 1.64. The molecule has 1 aromatic heterocycles. The summed E-state index contributed by atoms with van der Waals surface area (Å²) >= 11 is 0. The molecule has 0 aliphatic heterocycles. The molecule has 7 nitrogen and oxygen atoms in total. The first-order chi connectivity index (χ1) is 9.99. The molecule has 0 bridgehead atoms. The zero-order chi connectivity index (χ0) is 15.4. The van der Waals surface area contributed by atoms with Crippen molar-refractivity contribution < 1.29 is 28.6 Å². The molecular weight excluding hydrogens is 278 g/mol. The number of carbonyl (C=O) groups excluding carboxylic acids is 1. The van der Waals surface area contributed by atoms with Crippen molar-refractivity contribution in [1.82, 2.24) is 0 Å². The minimum absolute atomic E-state index is 0.0125. The zero-order valence-corrected chi connectivity index (χ0v) is 11.2. The van der Waals surface area contributed by atoms with Gasteiger partial charge in [0.2, 0.25) is 5.91 Å². The third-order valence-corrected chi connectivity index (χ3v) is 2.68. The quantitative estimate of drug-likeness (QED) is 0.837. The third-order valence-electron chi connectivity index (χ3n) is 2.68. The van der Waals surface area contributed by atoms with Gasteiger partial charge in [0.05, 0.1) is 12.7 Å². The van der Waals surface area contributed by atoms with Gasteiger partial charge in [-0.25, -0.2) is 4.79 Å². The predicted molar refractivity (Wildman–Crippen MR) is 71.5 cm³/mol. The largest absolute Gasteiger partial charge is 0.497 e. The van der Waals surface area contributed by atoms with Gasteiger partial charge in [-0.05, 0) is 18.2 Å². The van der Waals surface area contributed by atoms with Gasteiger partial charge in [-0.3, -0.25) is 4.79 Å². The minimum atomic E-state index is -1.08. The molecular formula is C14H13NO6. The number of hydrogen-bond acceptors (Lipinski definition) is 5. The summed E-state index contributed by atoms with van der Waals surface area (Å²) in [7, 11) is 1.45. The Bertz CT molecular complexity index is 676. The van der Waals surface area contributed by atoms with E-state index in [0.29, 0.717) is 17.3 Å². The summed E-state index contributed by atoms with van der Waals surface area (Å²) in [5, 5.41) is 8.78. The van der Waals surface area contributed by atoms with E-state index in [9.17, 15) is 9.59 Å². The highest BCUT2D eigenvalue weighted by Gasteiger charge is 2.10. The van der Waals surface area contributed by atoms with Gasteiger partial charge in [0.25, 0.3) is 0 Å². The number of primary amides is 1. The van der Waals surface area contributed by atoms with E-state index < -0.39 is 11.9 Å². The minimum Gasteiger partial charge on any atom is -0.497 e. The van der Waals surface area contributed by atoms with Gasteiger partial charge >= 0.3 is 5.97 Å². The summed E-state index contributed by atoms with van der Waals surface area (Å²) in [4.78, 5) is 21.9. The first-order valence-corrected chi connectivity index (χ1v) is 5.92. The lowest BCUT2D eigenvalue weighted by atomic mass is 10.2. The Hall–Kier alpha value is -2.96. The molecule has 0 aliphatic rings. The smallest absolute Gasteiger partial charge is 0.338 e. The summed E-state index contributed by atoms with van der Waals surface area (Å²) in [5.41, 5.74) is 5.50. The van der Waals surface area contributed by atoms with Crippen LogP contribution in [-0.4, -0.2) is 24.1 Å². The molecule has 21 heavy (non-hydrogen) atoms. The second kappa shape index (κ2) is 6.00. The van der Waals surface area contributed by atoms with Gasteiger partial charge in [0.15, 0.2) is 0 Å². The average molecular weight is 291 g/mol. The molecule has 1 aromatic carbocycles. The molecule has 0 radical (unpaired) electrons. The lowest BCUT2D eigenvalue weighted by Gasteiger charge is -2.08. The van der Waals surface area contributed by atoms with Crippen LogP contribution in [0.25, 0.3) is 0 Å². The van der Waals surface area contributed by atoms with Crippen molar-refractivity contribution in [3.8, 4) is 11.5 Å². The van der Waals surface area contributed by atoms with Gasteiger partial charge in [0.1, 0.15) is 30.1 Å². The molecule has 0 aliphatic carbocycles. The van der Waals surface area contributed by atoms with E-state index in [4.69, 9.17) is 24.7 Å². The number of carboxylic acid groups (broad SMARTS) is 1. The Balaban J connectivity index is 2.13. The maximum atomic E-state index is 11.2. The van der Waals surface area contributed by atoms with Crippen molar-refractivity contribution >= 4 is 11.9 Å². The number of aromatic carboxylic acids is 1. The number of rotatable bonds is 6. The van der Waals surface area contributed by atoms with Crippen LogP contribution in [0.2, 0.25) is 0 Å². The number of nitrogens with two attached hydrogens (primary N) is 1. The van der Waals surface area contributed by atoms with E-state index in [1.807, 2.05) is 0 Å². The van der Waals surface area contributed by atoms with Crippen LogP contribution in [0.15, 0.2) is 34.9 Å². The first-order valence-electron chi connectivity index (χ1n) is 5.92. The summed E-state index contributed by atoms with van der Waals surface area (Å²) < 4.78 is 15.5. The number of methoxy groups -OCH3 is 1. The number of amides is 1. The third kappa shape index (κ3) is 3.53.